The fourth-order valence-electron chi connectivity index (χ4n) is 3.78. The van der Waals surface area contributed by atoms with Gasteiger partial charge in [0.1, 0.15) is 23.7 Å². The number of hydrogen-bond acceptors (Lipinski definition) is 6. The van der Waals surface area contributed by atoms with E-state index >= 15 is 0 Å². The third-order valence-electron chi connectivity index (χ3n) is 5.53. The van der Waals surface area contributed by atoms with Crippen molar-refractivity contribution in [2.45, 2.75) is 76.9 Å². The summed E-state index contributed by atoms with van der Waals surface area (Å²) in [5, 5.41) is 7.13. The maximum absolute atomic E-state index is 13.5. The number of amides is 3. The van der Waals surface area contributed by atoms with E-state index in [-0.39, 0.29) is 19.4 Å². The van der Waals surface area contributed by atoms with Crippen molar-refractivity contribution in [2.75, 3.05) is 6.61 Å². The van der Waals surface area contributed by atoms with Gasteiger partial charge in [-0.3, -0.25) is 9.59 Å². The van der Waals surface area contributed by atoms with Gasteiger partial charge in [-0.2, -0.15) is 13.2 Å². The zero-order valence-electron chi connectivity index (χ0n) is 23.4. The van der Waals surface area contributed by atoms with Crippen LogP contribution < -0.4 is 16.0 Å². The number of nitrogens with one attached hydrogen (secondary N) is 3. The van der Waals surface area contributed by atoms with Gasteiger partial charge in [0, 0.05) is 12.8 Å². The minimum atomic E-state index is -4.78. The SMILES string of the molecule is CCOC(=O)C(CC(F)(F)F)NC(=O)C(Cc1ccccc1)NC(=O)C(Cc1ccccc1)NC(=O)OC(C)(C)C. The lowest BCUT2D eigenvalue weighted by molar-refractivity contribution is -0.163. The molecule has 3 amide bonds. The molecule has 224 valence electrons. The maximum atomic E-state index is 13.5. The lowest BCUT2D eigenvalue weighted by Gasteiger charge is -2.26. The molecule has 0 aromatic heterocycles. The lowest BCUT2D eigenvalue weighted by atomic mass is 10.0. The molecular weight excluding hydrogens is 543 g/mol. The van der Waals surface area contributed by atoms with Crippen LogP contribution in [-0.4, -0.2) is 60.4 Å². The van der Waals surface area contributed by atoms with Crippen LogP contribution in [0.5, 0.6) is 0 Å². The minimum absolute atomic E-state index is 0.0329. The van der Waals surface area contributed by atoms with Crippen LogP contribution in [0.4, 0.5) is 18.0 Å². The molecule has 0 radical (unpaired) electrons. The molecule has 0 saturated carbocycles. The number of esters is 1. The molecular formula is C29H36F3N3O6. The number of rotatable bonds is 12. The van der Waals surface area contributed by atoms with Crippen molar-refractivity contribution >= 4 is 23.9 Å². The third-order valence-corrected chi connectivity index (χ3v) is 5.53. The Morgan fingerprint density at radius 1 is 0.732 bits per heavy atom. The molecule has 0 fully saturated rings. The fourth-order valence-corrected chi connectivity index (χ4v) is 3.78. The van der Waals surface area contributed by atoms with E-state index in [1.165, 1.54) is 6.92 Å². The zero-order valence-corrected chi connectivity index (χ0v) is 23.4. The van der Waals surface area contributed by atoms with Crippen molar-refractivity contribution in [1.29, 1.82) is 0 Å². The number of hydrogen-bond donors (Lipinski definition) is 3. The highest BCUT2D eigenvalue weighted by Crippen LogP contribution is 2.22. The topological polar surface area (TPSA) is 123 Å². The quantitative estimate of drug-likeness (QED) is 0.329. The predicted molar refractivity (Wildman–Crippen MR) is 145 cm³/mol. The van der Waals surface area contributed by atoms with Gasteiger partial charge < -0.3 is 25.4 Å². The van der Waals surface area contributed by atoms with Crippen LogP contribution in [0.2, 0.25) is 0 Å². The van der Waals surface area contributed by atoms with Crippen LogP contribution in [0.3, 0.4) is 0 Å². The van der Waals surface area contributed by atoms with Gasteiger partial charge in [0.2, 0.25) is 11.8 Å². The number of alkyl halides is 3. The molecule has 0 aliphatic carbocycles. The van der Waals surface area contributed by atoms with E-state index in [0.717, 1.165) is 0 Å². The highest BCUT2D eigenvalue weighted by molar-refractivity contribution is 5.93. The van der Waals surface area contributed by atoms with Gasteiger partial charge >= 0.3 is 18.2 Å². The smallest absolute Gasteiger partial charge is 0.408 e. The lowest BCUT2D eigenvalue weighted by Crippen LogP contribution is -2.57. The van der Waals surface area contributed by atoms with Gasteiger partial charge in [-0.1, -0.05) is 60.7 Å². The Bertz CT molecular complexity index is 1150. The molecule has 3 N–H and O–H groups in total. The molecule has 2 rings (SSSR count). The largest absolute Gasteiger partial charge is 0.464 e. The second-order valence-electron chi connectivity index (χ2n) is 10.3. The van der Waals surface area contributed by atoms with Gasteiger partial charge in [-0.25, -0.2) is 9.59 Å². The van der Waals surface area contributed by atoms with E-state index in [0.29, 0.717) is 11.1 Å². The first-order chi connectivity index (χ1) is 19.2. The van der Waals surface area contributed by atoms with Crippen molar-refractivity contribution in [3.05, 3.63) is 71.8 Å². The van der Waals surface area contributed by atoms with Crippen molar-refractivity contribution in [2.24, 2.45) is 0 Å². The molecule has 0 saturated heterocycles. The Kier molecular flexibility index (Phi) is 12.2. The van der Waals surface area contributed by atoms with Gasteiger partial charge in [0.15, 0.2) is 0 Å². The van der Waals surface area contributed by atoms with Gasteiger partial charge in [0.05, 0.1) is 13.0 Å². The summed E-state index contributed by atoms with van der Waals surface area (Å²) in [6.45, 7) is 6.19. The average molecular weight is 580 g/mol. The molecule has 2 aromatic carbocycles. The second kappa shape index (κ2) is 15.1. The van der Waals surface area contributed by atoms with Crippen molar-refractivity contribution in [3.63, 3.8) is 0 Å². The molecule has 2 aromatic rings. The Morgan fingerprint density at radius 2 is 1.17 bits per heavy atom. The zero-order chi connectivity index (χ0) is 30.6. The highest BCUT2D eigenvalue weighted by Gasteiger charge is 2.38. The third kappa shape index (κ3) is 12.7. The molecule has 12 heteroatoms. The molecule has 41 heavy (non-hydrogen) atoms. The van der Waals surface area contributed by atoms with Crippen molar-refractivity contribution in [1.82, 2.24) is 16.0 Å². The molecule has 0 aliphatic rings. The summed E-state index contributed by atoms with van der Waals surface area (Å²) in [5.74, 6) is -3.06. The molecule has 9 nitrogen and oxygen atoms in total. The summed E-state index contributed by atoms with van der Waals surface area (Å²) in [5.41, 5.74) is 0.435. The summed E-state index contributed by atoms with van der Waals surface area (Å²) in [6.07, 6.45) is -7.37. The standard InChI is InChI=1S/C29H36F3N3O6/c1-5-40-26(38)23(18-29(30,31)32)34-24(36)21(16-19-12-8-6-9-13-19)33-25(37)22(17-20-14-10-7-11-15-20)35-27(39)41-28(2,3)4/h6-15,21-23H,5,16-18H2,1-4H3,(H,33,37)(H,34,36)(H,35,39). The number of alkyl carbamates (subject to hydrolysis) is 1. The van der Waals surface area contributed by atoms with E-state index in [1.54, 1.807) is 81.4 Å². The fraction of sp³-hybridized carbons (Fsp3) is 0.448. The molecule has 0 heterocycles. The Hall–Kier alpha value is -4.09. The summed E-state index contributed by atoms with van der Waals surface area (Å²) in [6, 6.07) is 12.6. The van der Waals surface area contributed by atoms with Gasteiger partial charge in [0.25, 0.3) is 0 Å². The number of ether oxygens (including phenoxy) is 2. The number of carbonyl (C=O) groups is 4. The van der Waals surface area contributed by atoms with E-state index in [9.17, 15) is 32.3 Å². The molecule has 3 atom stereocenters. The molecule has 0 bridgehead atoms. The van der Waals surface area contributed by atoms with E-state index in [1.807, 2.05) is 0 Å². The van der Waals surface area contributed by atoms with Gasteiger partial charge in [-0.05, 0) is 38.8 Å². The second-order valence-corrected chi connectivity index (χ2v) is 10.3. The van der Waals surface area contributed by atoms with Crippen LogP contribution in [0.15, 0.2) is 60.7 Å². The van der Waals surface area contributed by atoms with Crippen LogP contribution >= 0.6 is 0 Å². The number of benzene rings is 2. The summed E-state index contributed by atoms with van der Waals surface area (Å²) >= 11 is 0. The average Bonchev–Trinajstić information content (AvgIpc) is 2.87. The van der Waals surface area contributed by atoms with Crippen LogP contribution in [-0.2, 0) is 36.7 Å². The predicted octanol–water partition coefficient (Wildman–Crippen LogP) is 3.85. The first kappa shape index (κ1) is 33.1. The number of carbonyl (C=O) groups excluding carboxylic acids is 4. The minimum Gasteiger partial charge on any atom is -0.464 e. The molecule has 0 aliphatic heterocycles. The Balaban J connectivity index is 2.33. The van der Waals surface area contributed by atoms with E-state index < -0.39 is 60.2 Å². The molecule has 0 spiro atoms. The normalized spacial score (nSPS) is 13.7. The van der Waals surface area contributed by atoms with Crippen LogP contribution in [0.1, 0.15) is 45.2 Å². The van der Waals surface area contributed by atoms with Crippen LogP contribution in [0.25, 0.3) is 0 Å². The Labute approximate surface area is 237 Å². The summed E-state index contributed by atoms with van der Waals surface area (Å²) in [4.78, 5) is 51.5. The van der Waals surface area contributed by atoms with Crippen molar-refractivity contribution in [3.8, 4) is 0 Å². The Morgan fingerprint density at radius 3 is 1.59 bits per heavy atom. The first-order valence-electron chi connectivity index (χ1n) is 13.1. The maximum Gasteiger partial charge on any atom is 0.408 e. The van der Waals surface area contributed by atoms with E-state index in [2.05, 4.69) is 16.0 Å². The van der Waals surface area contributed by atoms with Crippen LogP contribution in [0, 0.1) is 0 Å². The van der Waals surface area contributed by atoms with E-state index in [4.69, 9.17) is 9.47 Å². The summed E-state index contributed by atoms with van der Waals surface area (Å²) in [7, 11) is 0. The first-order valence-corrected chi connectivity index (χ1v) is 13.1. The summed E-state index contributed by atoms with van der Waals surface area (Å²) < 4.78 is 49.6. The monoisotopic (exact) mass is 579 g/mol. The van der Waals surface area contributed by atoms with Crippen molar-refractivity contribution < 1.29 is 41.8 Å². The highest BCUT2D eigenvalue weighted by atomic mass is 19.4. The van der Waals surface area contributed by atoms with Gasteiger partial charge in [-0.15, -0.1) is 0 Å². The molecule has 3 unspecified atom stereocenters. The number of halogens is 3.